The lowest BCUT2D eigenvalue weighted by atomic mass is 9.82. The van der Waals surface area contributed by atoms with Gasteiger partial charge < -0.3 is 19.1 Å². The van der Waals surface area contributed by atoms with Gasteiger partial charge in [-0.1, -0.05) is 38.1 Å². The number of hydrogen-bond acceptors (Lipinski definition) is 11. The van der Waals surface area contributed by atoms with E-state index in [2.05, 4.69) is 14.9 Å². The van der Waals surface area contributed by atoms with Crippen LogP contribution in [0.4, 0.5) is 13.2 Å². The van der Waals surface area contributed by atoms with Crippen LogP contribution in [0.5, 0.6) is 11.8 Å². The molecule has 2 aromatic rings. The van der Waals surface area contributed by atoms with E-state index in [1.54, 1.807) is 38.1 Å². The Labute approximate surface area is 330 Å². The molecule has 1 saturated heterocycles. The fourth-order valence-electron chi connectivity index (χ4n) is 8.09. The summed E-state index contributed by atoms with van der Waals surface area (Å²) in [7, 11) is -3.94. The van der Waals surface area contributed by atoms with E-state index in [0.717, 1.165) is 13.8 Å². The third-order valence-corrected chi connectivity index (χ3v) is 13.6. The van der Waals surface area contributed by atoms with E-state index in [9.17, 15) is 40.8 Å². The Morgan fingerprint density at radius 2 is 1.68 bits per heavy atom. The summed E-state index contributed by atoms with van der Waals surface area (Å²) < 4.78 is 86.2. The number of nitrogens with one attached hydrogen (secondary N) is 1. The van der Waals surface area contributed by atoms with Crippen molar-refractivity contribution in [3.8, 4) is 11.8 Å². The molecule has 3 fully saturated rings. The minimum atomic E-state index is -4.87. The van der Waals surface area contributed by atoms with Crippen LogP contribution in [0.2, 0.25) is 0 Å². The van der Waals surface area contributed by atoms with Crippen LogP contribution in [0, 0.1) is 29.1 Å². The molecule has 1 aromatic heterocycles. The van der Waals surface area contributed by atoms with Crippen LogP contribution < -0.4 is 14.2 Å². The SMILES string of the molecule is CCOc1nnc(O[C@@H]2C[C@H]3C(=O)C[C@]4(C(=O)NS(=O)(=O)C5CC5)C[C@H]4/C=C\CC[C@@H](C)C[C@@H](C)[C@H](CC(=O)OC(C)(C)C(F)(F)F)C(=O)N3C2)c2ccccc12. The molecule has 2 aliphatic carbocycles. The number of esters is 1. The van der Waals surface area contributed by atoms with Crippen LogP contribution >= 0.6 is 0 Å². The summed E-state index contributed by atoms with van der Waals surface area (Å²) in [6, 6.07) is 5.94. The molecule has 4 aliphatic rings. The first-order valence-electron chi connectivity index (χ1n) is 19.7. The number of Topliss-reactive ketones (excluding diaryl/α,β-unsaturated/α-hetero) is 1. The van der Waals surface area contributed by atoms with Gasteiger partial charge in [-0.05, 0) is 89.2 Å². The van der Waals surface area contributed by atoms with Crippen LogP contribution in [0.25, 0.3) is 10.8 Å². The number of rotatable bonds is 10. The number of ketones is 1. The number of amides is 2. The van der Waals surface area contributed by atoms with Gasteiger partial charge in [0, 0.05) is 12.8 Å². The summed E-state index contributed by atoms with van der Waals surface area (Å²) in [5.74, 6) is -4.81. The van der Waals surface area contributed by atoms with Gasteiger partial charge in [0.2, 0.25) is 39.2 Å². The van der Waals surface area contributed by atoms with E-state index in [0.29, 0.717) is 49.5 Å². The van der Waals surface area contributed by atoms with Gasteiger partial charge in [-0.3, -0.25) is 23.9 Å². The third-order valence-electron chi connectivity index (χ3n) is 11.8. The first kappa shape index (κ1) is 42.3. The van der Waals surface area contributed by atoms with Crippen molar-refractivity contribution in [1.29, 1.82) is 0 Å². The number of aromatic nitrogens is 2. The van der Waals surface area contributed by atoms with E-state index >= 15 is 0 Å². The summed E-state index contributed by atoms with van der Waals surface area (Å²) in [5, 5.41) is 8.94. The summed E-state index contributed by atoms with van der Waals surface area (Å²) in [6.07, 6.45) is -0.238. The van der Waals surface area contributed by atoms with Gasteiger partial charge in [-0.2, -0.15) is 13.2 Å². The molecule has 2 amide bonds. The van der Waals surface area contributed by atoms with Crippen molar-refractivity contribution in [3.63, 3.8) is 0 Å². The van der Waals surface area contributed by atoms with Crippen molar-refractivity contribution in [3.05, 3.63) is 36.4 Å². The highest BCUT2D eigenvalue weighted by Gasteiger charge is 2.62. The van der Waals surface area contributed by atoms with E-state index in [-0.39, 0.29) is 43.5 Å². The van der Waals surface area contributed by atoms with E-state index < -0.39 is 92.4 Å². The number of carbonyl (C=O) groups is 4. The molecule has 3 heterocycles. The smallest absolute Gasteiger partial charge is 0.427 e. The first-order chi connectivity index (χ1) is 26.8. The molecule has 17 heteroatoms. The molecule has 1 N–H and O–H groups in total. The molecule has 0 bridgehead atoms. The minimum absolute atomic E-state index is 0.0160. The van der Waals surface area contributed by atoms with Crippen LogP contribution in [-0.2, 0) is 33.9 Å². The molecule has 6 rings (SSSR count). The number of ether oxygens (including phenoxy) is 3. The van der Waals surface area contributed by atoms with Crippen molar-refractivity contribution in [2.24, 2.45) is 29.1 Å². The van der Waals surface area contributed by atoms with Gasteiger partial charge in [-0.25, -0.2) is 8.42 Å². The van der Waals surface area contributed by atoms with Crippen LogP contribution in [0.3, 0.4) is 0 Å². The number of nitrogens with zero attached hydrogens (tertiary/aromatic N) is 3. The molecule has 1 aromatic carbocycles. The number of halogens is 3. The predicted molar refractivity (Wildman–Crippen MR) is 201 cm³/mol. The van der Waals surface area contributed by atoms with Gasteiger partial charge in [0.15, 0.2) is 5.78 Å². The van der Waals surface area contributed by atoms with Crippen molar-refractivity contribution in [2.45, 2.75) is 122 Å². The number of hydrogen-bond donors (Lipinski definition) is 1. The maximum absolute atomic E-state index is 14.8. The van der Waals surface area contributed by atoms with Gasteiger partial charge in [0.05, 0.1) is 53.0 Å². The largest absolute Gasteiger partial charge is 0.476 e. The standard InChI is InChI=1S/C40H51F3N4O9S/c1-6-54-34-28-13-9-10-14-29(28)35(45-44-34)55-26-18-31-32(48)21-39(37(51)46-57(52,53)27-15-16-27)20-25(39)12-8-7-11-23(2)17-24(3)30(36(50)47(31)22-26)19-33(49)56-38(4,5)40(41,42)43/h8-10,12-14,23-27,30-31H,6-7,11,15-22H2,1-5H3,(H,46,51)/b12-8-/t23-,24-,25-,26-,30+,31+,39-/m1/s1. The zero-order chi connectivity index (χ0) is 41.5. The average Bonchev–Trinajstić information content (AvgIpc) is 4.06. The second kappa shape index (κ2) is 16.2. The lowest BCUT2D eigenvalue weighted by Gasteiger charge is -2.33. The average molecular weight is 821 g/mol. The van der Waals surface area contributed by atoms with Crippen molar-refractivity contribution < 1.29 is 55.0 Å². The van der Waals surface area contributed by atoms with Gasteiger partial charge in [0.25, 0.3) is 0 Å². The summed E-state index contributed by atoms with van der Waals surface area (Å²) in [5.41, 5.74) is -4.18. The zero-order valence-electron chi connectivity index (χ0n) is 32.8. The molecule has 312 valence electrons. The lowest BCUT2D eigenvalue weighted by molar-refractivity contribution is -0.257. The molecule has 0 radical (unpaired) electrons. The molecule has 13 nitrogen and oxygen atoms in total. The molecular formula is C40H51F3N4O9S. The van der Waals surface area contributed by atoms with Crippen LogP contribution in [0.1, 0.15) is 92.4 Å². The van der Waals surface area contributed by atoms with Crippen LogP contribution in [-0.4, -0.2) is 89.4 Å². The number of fused-ring (bicyclic) bond motifs is 3. The zero-order valence-corrected chi connectivity index (χ0v) is 33.7. The molecule has 2 aliphatic heterocycles. The number of benzene rings is 1. The normalized spacial score (nSPS) is 29.4. The Morgan fingerprint density at radius 3 is 2.33 bits per heavy atom. The van der Waals surface area contributed by atoms with E-state index in [4.69, 9.17) is 14.2 Å². The van der Waals surface area contributed by atoms with Gasteiger partial charge >= 0.3 is 12.1 Å². The number of allylic oxidation sites excluding steroid dienone is 2. The van der Waals surface area contributed by atoms with E-state index in [1.807, 2.05) is 19.1 Å². The highest BCUT2D eigenvalue weighted by molar-refractivity contribution is 7.90. The Hall–Kier alpha value is -4.28. The molecular weight excluding hydrogens is 770 g/mol. The molecule has 7 atom stereocenters. The summed E-state index contributed by atoms with van der Waals surface area (Å²) >= 11 is 0. The maximum atomic E-state index is 14.8. The topological polar surface area (TPSA) is 171 Å². The number of sulfonamides is 1. The Morgan fingerprint density at radius 1 is 1.02 bits per heavy atom. The fourth-order valence-corrected chi connectivity index (χ4v) is 9.48. The summed E-state index contributed by atoms with van der Waals surface area (Å²) in [6.45, 7) is 7.19. The Bertz CT molecular complexity index is 2020. The first-order valence-corrected chi connectivity index (χ1v) is 21.2. The lowest BCUT2D eigenvalue weighted by Crippen LogP contribution is -2.48. The minimum Gasteiger partial charge on any atom is -0.476 e. The second-order valence-electron chi connectivity index (χ2n) is 16.7. The molecule has 0 spiro atoms. The van der Waals surface area contributed by atoms with E-state index in [1.165, 1.54) is 4.90 Å². The van der Waals surface area contributed by atoms with Gasteiger partial charge in [0.1, 0.15) is 6.10 Å². The van der Waals surface area contributed by atoms with Crippen LogP contribution in [0.15, 0.2) is 36.4 Å². The second-order valence-corrected chi connectivity index (χ2v) is 18.6. The maximum Gasteiger partial charge on any atom is 0.427 e. The van der Waals surface area contributed by atoms with Crippen molar-refractivity contribution in [2.75, 3.05) is 13.2 Å². The molecule has 0 unspecified atom stereocenters. The Balaban J connectivity index is 1.35. The highest BCUT2D eigenvalue weighted by atomic mass is 32.2. The van der Waals surface area contributed by atoms with Crippen molar-refractivity contribution in [1.82, 2.24) is 19.8 Å². The number of alkyl halides is 3. The molecule has 2 saturated carbocycles. The number of carbonyl (C=O) groups excluding carboxylic acids is 4. The summed E-state index contributed by atoms with van der Waals surface area (Å²) in [4.78, 5) is 57.7. The Kier molecular flexibility index (Phi) is 12.0. The molecule has 57 heavy (non-hydrogen) atoms. The van der Waals surface area contributed by atoms with Crippen molar-refractivity contribution >= 4 is 44.4 Å². The predicted octanol–water partition coefficient (Wildman–Crippen LogP) is 5.85. The van der Waals surface area contributed by atoms with Gasteiger partial charge in [-0.15, -0.1) is 10.2 Å². The quantitative estimate of drug-likeness (QED) is 0.225. The monoisotopic (exact) mass is 820 g/mol. The fraction of sp³-hybridized carbons (Fsp3) is 0.650. The third kappa shape index (κ3) is 9.23. The highest BCUT2D eigenvalue weighted by Crippen LogP contribution is 2.57.